The highest BCUT2D eigenvalue weighted by atomic mass is 79.9. The predicted octanol–water partition coefficient (Wildman–Crippen LogP) is 4.06. The fraction of sp³-hybridized carbons (Fsp3) is 0.316. The van der Waals surface area contributed by atoms with E-state index in [4.69, 9.17) is 9.47 Å². The normalized spacial score (nSPS) is 12.9. The Morgan fingerprint density at radius 2 is 2.04 bits per heavy atom. The van der Waals surface area contributed by atoms with Gasteiger partial charge in [-0.3, -0.25) is 4.79 Å². The molecule has 0 bridgehead atoms. The number of esters is 1. The van der Waals surface area contributed by atoms with E-state index in [1.807, 2.05) is 6.07 Å². The molecule has 0 saturated carbocycles. The Hall–Kier alpha value is -2.39. The van der Waals surface area contributed by atoms with Crippen molar-refractivity contribution < 1.29 is 23.9 Å². The van der Waals surface area contributed by atoms with Crippen molar-refractivity contribution in [3.8, 4) is 0 Å². The number of hydrogen-bond donors (Lipinski definition) is 1. The number of rotatable bonds is 4. The van der Waals surface area contributed by atoms with Gasteiger partial charge in [0.05, 0.1) is 31.4 Å². The summed E-state index contributed by atoms with van der Waals surface area (Å²) in [6.45, 7) is 2.81. The molecule has 0 aliphatic carbocycles. The number of thiophene rings is 1. The van der Waals surface area contributed by atoms with Gasteiger partial charge in [-0.25, -0.2) is 9.59 Å². The second-order valence-electron chi connectivity index (χ2n) is 6.00. The number of ether oxygens (including phenoxy) is 2. The first kappa shape index (κ1) is 20.3. The lowest BCUT2D eigenvalue weighted by Gasteiger charge is -2.26. The van der Waals surface area contributed by atoms with Crippen LogP contribution in [0.5, 0.6) is 0 Å². The predicted molar refractivity (Wildman–Crippen MR) is 109 cm³/mol. The molecule has 0 spiro atoms. The van der Waals surface area contributed by atoms with Crippen molar-refractivity contribution in [2.75, 3.05) is 25.6 Å². The highest BCUT2D eigenvalue weighted by molar-refractivity contribution is 9.10. The molecule has 1 aromatic carbocycles. The van der Waals surface area contributed by atoms with Gasteiger partial charge < -0.3 is 19.7 Å². The van der Waals surface area contributed by atoms with Crippen LogP contribution in [0.4, 0.5) is 9.80 Å². The molecule has 3 rings (SSSR count). The van der Waals surface area contributed by atoms with Crippen molar-refractivity contribution in [2.45, 2.75) is 19.9 Å². The van der Waals surface area contributed by atoms with Gasteiger partial charge in [0.25, 0.3) is 5.91 Å². The molecule has 0 saturated heterocycles. The third-order valence-corrected chi connectivity index (χ3v) is 6.14. The van der Waals surface area contributed by atoms with Gasteiger partial charge in [0, 0.05) is 15.9 Å². The fourth-order valence-electron chi connectivity index (χ4n) is 3.00. The van der Waals surface area contributed by atoms with E-state index in [1.165, 1.54) is 18.4 Å². The summed E-state index contributed by atoms with van der Waals surface area (Å²) in [5.74, 6) is -0.844. The van der Waals surface area contributed by atoms with Gasteiger partial charge in [0.1, 0.15) is 5.00 Å². The molecule has 2 aromatic rings. The Bertz CT molecular complexity index is 927. The van der Waals surface area contributed by atoms with Crippen molar-refractivity contribution in [1.29, 1.82) is 0 Å². The lowest BCUT2D eigenvalue weighted by atomic mass is 10.0. The van der Waals surface area contributed by atoms with Gasteiger partial charge in [-0.2, -0.15) is 0 Å². The van der Waals surface area contributed by atoms with Crippen LogP contribution in [-0.2, 0) is 22.4 Å². The summed E-state index contributed by atoms with van der Waals surface area (Å²) in [5.41, 5.74) is 1.61. The Labute approximate surface area is 174 Å². The molecule has 7 nitrogen and oxygen atoms in total. The zero-order chi connectivity index (χ0) is 20.3. The van der Waals surface area contributed by atoms with Crippen molar-refractivity contribution in [3.05, 3.63) is 50.3 Å². The highest BCUT2D eigenvalue weighted by Crippen LogP contribution is 2.38. The highest BCUT2D eigenvalue weighted by Gasteiger charge is 2.31. The number of hydrogen-bond acceptors (Lipinski definition) is 6. The van der Waals surface area contributed by atoms with Crippen LogP contribution in [0.2, 0.25) is 0 Å². The minimum atomic E-state index is -0.510. The molecule has 28 heavy (non-hydrogen) atoms. The maximum Gasteiger partial charge on any atom is 0.410 e. The Morgan fingerprint density at radius 3 is 2.71 bits per heavy atom. The lowest BCUT2D eigenvalue weighted by Crippen LogP contribution is -2.36. The first-order valence-corrected chi connectivity index (χ1v) is 10.3. The molecule has 0 radical (unpaired) electrons. The van der Waals surface area contributed by atoms with Gasteiger partial charge in [0.15, 0.2) is 0 Å². The third kappa shape index (κ3) is 4.05. The van der Waals surface area contributed by atoms with Crippen LogP contribution >= 0.6 is 27.3 Å². The zero-order valence-corrected chi connectivity index (χ0v) is 17.8. The Balaban J connectivity index is 1.92. The minimum Gasteiger partial charge on any atom is -0.465 e. The molecular weight excluding hydrogens is 448 g/mol. The number of benzene rings is 1. The molecule has 0 atom stereocenters. The van der Waals surface area contributed by atoms with Crippen LogP contribution in [0.15, 0.2) is 28.7 Å². The topological polar surface area (TPSA) is 84.9 Å². The van der Waals surface area contributed by atoms with Crippen LogP contribution in [0.25, 0.3) is 0 Å². The van der Waals surface area contributed by atoms with Crippen molar-refractivity contribution >= 4 is 50.2 Å². The largest absolute Gasteiger partial charge is 0.465 e. The first-order chi connectivity index (χ1) is 13.5. The van der Waals surface area contributed by atoms with Crippen molar-refractivity contribution in [1.82, 2.24) is 4.90 Å². The summed E-state index contributed by atoms with van der Waals surface area (Å²) in [6.07, 6.45) is 0.0972. The average molecular weight is 467 g/mol. The van der Waals surface area contributed by atoms with E-state index in [1.54, 1.807) is 30.0 Å². The molecule has 1 aromatic heterocycles. The minimum absolute atomic E-state index is 0.299. The van der Waals surface area contributed by atoms with Crippen LogP contribution in [-0.4, -0.2) is 43.1 Å². The number of nitrogens with one attached hydrogen (secondary N) is 1. The quantitative estimate of drug-likeness (QED) is 0.686. The van der Waals surface area contributed by atoms with Crippen LogP contribution in [0.3, 0.4) is 0 Å². The molecular formula is C19H19BrN2O5S. The number of halogens is 1. The van der Waals surface area contributed by atoms with Crippen molar-refractivity contribution in [3.63, 3.8) is 0 Å². The molecule has 1 N–H and O–H groups in total. The second kappa shape index (κ2) is 8.74. The van der Waals surface area contributed by atoms with Crippen molar-refractivity contribution in [2.24, 2.45) is 0 Å². The molecule has 148 valence electrons. The maximum atomic E-state index is 12.7. The number of fused-ring (bicyclic) bond motifs is 1. The second-order valence-corrected chi connectivity index (χ2v) is 7.96. The monoisotopic (exact) mass is 466 g/mol. The molecule has 1 aliphatic heterocycles. The number of carbonyl (C=O) groups is 3. The van der Waals surface area contributed by atoms with E-state index >= 15 is 0 Å². The molecule has 0 fully saturated rings. The van der Waals surface area contributed by atoms with Gasteiger partial charge in [-0.1, -0.05) is 12.1 Å². The lowest BCUT2D eigenvalue weighted by molar-refractivity contribution is 0.0600. The summed E-state index contributed by atoms with van der Waals surface area (Å²) in [7, 11) is 1.31. The number of methoxy groups -OCH3 is 1. The summed E-state index contributed by atoms with van der Waals surface area (Å²) in [4.78, 5) is 39.5. The average Bonchev–Trinajstić information content (AvgIpc) is 3.04. The number of carbonyl (C=O) groups excluding carboxylic acids is 3. The Morgan fingerprint density at radius 1 is 1.29 bits per heavy atom. The number of amides is 2. The van der Waals surface area contributed by atoms with E-state index in [-0.39, 0.29) is 12.0 Å². The van der Waals surface area contributed by atoms with Gasteiger partial charge in [0.2, 0.25) is 0 Å². The summed E-state index contributed by atoms with van der Waals surface area (Å²) in [6, 6.07) is 7.03. The van der Waals surface area contributed by atoms with Crippen LogP contribution < -0.4 is 5.32 Å². The van der Waals surface area contributed by atoms with Gasteiger partial charge in [-0.05, 0) is 47.0 Å². The van der Waals surface area contributed by atoms with E-state index in [0.29, 0.717) is 46.7 Å². The number of anilines is 1. The summed E-state index contributed by atoms with van der Waals surface area (Å²) >= 11 is 4.64. The maximum absolute atomic E-state index is 12.7. The molecule has 1 aliphatic rings. The molecule has 9 heteroatoms. The molecule has 2 amide bonds. The zero-order valence-electron chi connectivity index (χ0n) is 15.4. The van der Waals surface area contributed by atoms with Gasteiger partial charge >= 0.3 is 12.1 Å². The third-order valence-electron chi connectivity index (χ3n) is 4.32. The van der Waals surface area contributed by atoms with E-state index in [2.05, 4.69) is 21.2 Å². The number of nitrogens with zero attached hydrogens (tertiary/aromatic N) is 1. The van der Waals surface area contributed by atoms with E-state index in [0.717, 1.165) is 10.4 Å². The van der Waals surface area contributed by atoms with Gasteiger partial charge in [-0.15, -0.1) is 11.3 Å². The standard InChI is InChI=1S/C19H19BrN2O5S/c1-3-27-19(25)22-9-8-12-14(10-22)28-17(15(12)18(24)26-2)21-16(23)11-6-4-5-7-13(11)20/h4-7H,3,8-10H2,1-2H3,(H,21,23). The first-order valence-electron chi connectivity index (χ1n) is 8.66. The van der Waals surface area contributed by atoms with E-state index in [9.17, 15) is 14.4 Å². The fourth-order valence-corrected chi connectivity index (χ4v) is 4.71. The SMILES string of the molecule is CCOC(=O)N1CCc2c(sc(NC(=O)c3ccccc3Br)c2C(=O)OC)C1. The summed E-state index contributed by atoms with van der Waals surface area (Å²) in [5, 5.41) is 3.24. The van der Waals surface area contributed by atoms with Crippen LogP contribution in [0, 0.1) is 0 Å². The molecule has 2 heterocycles. The molecule has 0 unspecified atom stereocenters. The Kier molecular flexibility index (Phi) is 6.35. The smallest absolute Gasteiger partial charge is 0.410 e. The van der Waals surface area contributed by atoms with Crippen LogP contribution in [0.1, 0.15) is 38.1 Å². The summed E-state index contributed by atoms with van der Waals surface area (Å²) < 4.78 is 10.6. The van der Waals surface area contributed by atoms with E-state index < -0.39 is 5.97 Å².